The van der Waals surface area contributed by atoms with E-state index in [1.54, 1.807) is 20.2 Å². The lowest BCUT2D eigenvalue weighted by Crippen LogP contribution is -2.33. The third-order valence-corrected chi connectivity index (χ3v) is 6.84. The number of fused-ring (bicyclic) bond motifs is 3. The SMILES string of the molecule is CC(C)(O)CNC=O.CCc1cc(N)c(S)cc1Nc1ncnc2sc3c(c12)CCCC3. The zero-order valence-electron chi connectivity index (χ0n) is 18.7. The number of nitrogen functional groups attached to an aromatic ring is 1. The highest BCUT2D eigenvalue weighted by Crippen LogP contribution is 2.39. The molecule has 0 atom stereocenters. The number of anilines is 3. The summed E-state index contributed by atoms with van der Waals surface area (Å²) in [5.41, 5.74) is 9.54. The highest BCUT2D eigenvalue weighted by atomic mass is 32.1. The number of benzene rings is 1. The van der Waals surface area contributed by atoms with E-state index in [1.807, 2.05) is 23.5 Å². The van der Waals surface area contributed by atoms with Crippen LogP contribution in [0.4, 0.5) is 17.2 Å². The van der Waals surface area contributed by atoms with Gasteiger partial charge in [0, 0.05) is 27.7 Å². The first-order chi connectivity index (χ1) is 15.2. The summed E-state index contributed by atoms with van der Waals surface area (Å²) in [5, 5.41) is 16.0. The molecule has 0 spiro atoms. The van der Waals surface area contributed by atoms with Crippen molar-refractivity contribution in [3.63, 3.8) is 0 Å². The molecular weight excluding hydrogens is 442 g/mol. The Kier molecular flexibility index (Phi) is 7.97. The topological polar surface area (TPSA) is 113 Å². The molecule has 0 saturated heterocycles. The standard InChI is InChI=1S/C18H20N4S2.C5H11NO2/c1-2-10-7-12(19)14(23)8-13(10)22-17-16-11-5-3-4-6-15(11)24-18(16)21-9-20-17;1-5(2,8)3-6-4-7/h7-9,23H,2-6,19H2,1H3,(H,20,21,22);4,8H,3H2,1-2H3,(H,6,7). The van der Waals surface area contributed by atoms with Crippen LogP contribution in [0.3, 0.4) is 0 Å². The van der Waals surface area contributed by atoms with Gasteiger partial charge >= 0.3 is 0 Å². The van der Waals surface area contributed by atoms with Crippen LogP contribution in [0.5, 0.6) is 0 Å². The largest absolute Gasteiger partial charge is 0.398 e. The number of aryl methyl sites for hydroxylation is 3. The van der Waals surface area contributed by atoms with Crippen LogP contribution in [-0.2, 0) is 24.1 Å². The van der Waals surface area contributed by atoms with E-state index in [0.717, 1.165) is 34.1 Å². The number of nitrogens with two attached hydrogens (primary N) is 1. The highest BCUT2D eigenvalue weighted by molar-refractivity contribution is 7.80. The summed E-state index contributed by atoms with van der Waals surface area (Å²) >= 11 is 6.28. The molecule has 0 saturated carbocycles. The number of carbonyl (C=O) groups is 1. The van der Waals surface area contributed by atoms with E-state index in [-0.39, 0.29) is 0 Å². The fourth-order valence-corrected chi connectivity index (χ4v) is 5.09. The van der Waals surface area contributed by atoms with Crippen molar-refractivity contribution in [1.82, 2.24) is 15.3 Å². The first kappa shape index (κ1) is 24.3. The Morgan fingerprint density at radius 1 is 1.28 bits per heavy atom. The summed E-state index contributed by atoms with van der Waals surface area (Å²) in [4.78, 5) is 22.0. The monoisotopic (exact) mass is 473 g/mol. The smallest absolute Gasteiger partial charge is 0.207 e. The molecule has 2 aromatic heterocycles. The molecule has 0 aliphatic heterocycles. The van der Waals surface area contributed by atoms with E-state index in [0.29, 0.717) is 18.6 Å². The van der Waals surface area contributed by atoms with Crippen molar-refractivity contribution >= 4 is 57.8 Å². The molecule has 0 bridgehead atoms. The van der Waals surface area contributed by atoms with Crippen LogP contribution < -0.4 is 16.4 Å². The second kappa shape index (κ2) is 10.5. The van der Waals surface area contributed by atoms with Crippen molar-refractivity contribution in [3.05, 3.63) is 34.5 Å². The fourth-order valence-electron chi connectivity index (χ4n) is 3.66. The molecule has 4 rings (SSSR count). The van der Waals surface area contributed by atoms with Gasteiger partial charge in [0.15, 0.2) is 0 Å². The predicted molar refractivity (Wildman–Crippen MR) is 135 cm³/mol. The molecule has 1 amide bonds. The zero-order chi connectivity index (χ0) is 23.3. The van der Waals surface area contributed by atoms with E-state index < -0.39 is 5.60 Å². The maximum Gasteiger partial charge on any atom is 0.207 e. The number of carbonyl (C=O) groups excluding carboxylic acids is 1. The Morgan fingerprint density at radius 3 is 2.69 bits per heavy atom. The van der Waals surface area contributed by atoms with E-state index in [2.05, 4.69) is 40.2 Å². The van der Waals surface area contributed by atoms with Crippen molar-refractivity contribution in [2.45, 2.75) is 63.4 Å². The van der Waals surface area contributed by atoms with Crippen LogP contribution in [-0.4, -0.2) is 33.6 Å². The maximum atomic E-state index is 9.63. The fraction of sp³-hybridized carbons (Fsp3) is 0.435. The van der Waals surface area contributed by atoms with Gasteiger partial charge in [-0.05, 0) is 69.2 Å². The molecule has 5 N–H and O–H groups in total. The predicted octanol–water partition coefficient (Wildman–Crippen LogP) is 4.25. The molecule has 7 nitrogen and oxygen atoms in total. The number of hydrogen-bond acceptors (Lipinski definition) is 8. The van der Waals surface area contributed by atoms with Crippen molar-refractivity contribution < 1.29 is 9.90 Å². The zero-order valence-corrected chi connectivity index (χ0v) is 20.4. The van der Waals surface area contributed by atoms with Crippen LogP contribution in [0.2, 0.25) is 0 Å². The normalized spacial score (nSPS) is 13.2. The highest BCUT2D eigenvalue weighted by Gasteiger charge is 2.20. The number of hydrogen-bond donors (Lipinski definition) is 5. The summed E-state index contributed by atoms with van der Waals surface area (Å²) in [5.74, 6) is 0.895. The van der Waals surface area contributed by atoms with Gasteiger partial charge in [-0.1, -0.05) is 6.92 Å². The minimum Gasteiger partial charge on any atom is -0.398 e. The van der Waals surface area contributed by atoms with Crippen LogP contribution >= 0.6 is 24.0 Å². The number of nitrogens with zero attached hydrogens (tertiary/aromatic N) is 2. The van der Waals surface area contributed by atoms with Crippen molar-refractivity contribution in [2.75, 3.05) is 17.6 Å². The summed E-state index contributed by atoms with van der Waals surface area (Å²) in [6, 6.07) is 3.98. The molecule has 9 heteroatoms. The molecule has 1 aromatic carbocycles. The lowest BCUT2D eigenvalue weighted by atomic mass is 9.97. The average Bonchev–Trinajstić information content (AvgIpc) is 3.14. The number of thiophene rings is 1. The molecule has 0 unspecified atom stereocenters. The van der Waals surface area contributed by atoms with E-state index in [9.17, 15) is 4.79 Å². The van der Waals surface area contributed by atoms with Gasteiger partial charge in [-0.2, -0.15) is 0 Å². The number of rotatable bonds is 6. The first-order valence-corrected chi connectivity index (χ1v) is 12.0. The second-order valence-corrected chi connectivity index (χ2v) is 10.0. The number of aliphatic hydroxyl groups is 1. The van der Waals surface area contributed by atoms with Gasteiger partial charge in [0.2, 0.25) is 6.41 Å². The van der Waals surface area contributed by atoms with Crippen LogP contribution in [0.1, 0.15) is 49.6 Å². The van der Waals surface area contributed by atoms with Crippen LogP contribution in [0.15, 0.2) is 23.4 Å². The summed E-state index contributed by atoms with van der Waals surface area (Å²) < 4.78 is 0. The summed E-state index contributed by atoms with van der Waals surface area (Å²) in [6.45, 7) is 5.68. The summed E-state index contributed by atoms with van der Waals surface area (Å²) in [6.07, 6.45) is 7.93. The van der Waals surface area contributed by atoms with Gasteiger partial charge in [0.05, 0.1) is 11.0 Å². The molecule has 32 heavy (non-hydrogen) atoms. The van der Waals surface area contributed by atoms with Crippen molar-refractivity contribution in [3.8, 4) is 0 Å². The van der Waals surface area contributed by atoms with Gasteiger partial charge in [0.25, 0.3) is 0 Å². The minimum atomic E-state index is -0.791. The number of nitrogens with one attached hydrogen (secondary N) is 2. The molecule has 172 valence electrons. The van der Waals surface area contributed by atoms with E-state index in [4.69, 9.17) is 10.8 Å². The summed E-state index contributed by atoms with van der Waals surface area (Å²) in [7, 11) is 0. The number of amides is 1. The molecule has 0 fully saturated rings. The molecular formula is C23H31N5O2S2. The quantitative estimate of drug-likeness (QED) is 0.208. The Balaban J connectivity index is 0.000000312. The number of thiol groups is 1. The Morgan fingerprint density at radius 2 is 2.03 bits per heavy atom. The molecule has 0 radical (unpaired) electrons. The third kappa shape index (κ3) is 5.90. The lowest BCUT2D eigenvalue weighted by molar-refractivity contribution is -0.110. The Hall–Kier alpha value is -2.36. The van der Waals surface area contributed by atoms with E-state index in [1.165, 1.54) is 40.7 Å². The minimum absolute atomic E-state index is 0.302. The van der Waals surface area contributed by atoms with Gasteiger partial charge in [-0.15, -0.1) is 24.0 Å². The van der Waals surface area contributed by atoms with Gasteiger partial charge in [-0.25, -0.2) is 9.97 Å². The lowest BCUT2D eigenvalue weighted by Gasteiger charge is -2.15. The number of aromatic nitrogens is 2. The molecule has 2 heterocycles. The van der Waals surface area contributed by atoms with Gasteiger partial charge < -0.3 is 21.5 Å². The van der Waals surface area contributed by atoms with Crippen molar-refractivity contribution in [2.24, 2.45) is 0 Å². The van der Waals surface area contributed by atoms with Gasteiger partial charge in [-0.3, -0.25) is 4.79 Å². The Bertz CT molecular complexity index is 1090. The average molecular weight is 474 g/mol. The molecule has 1 aliphatic rings. The van der Waals surface area contributed by atoms with E-state index >= 15 is 0 Å². The maximum absolute atomic E-state index is 9.63. The molecule has 3 aromatic rings. The van der Waals surface area contributed by atoms with Crippen molar-refractivity contribution in [1.29, 1.82) is 0 Å². The second-order valence-electron chi connectivity index (χ2n) is 8.47. The third-order valence-electron chi connectivity index (χ3n) is 5.26. The van der Waals surface area contributed by atoms with Crippen LogP contribution in [0.25, 0.3) is 10.2 Å². The first-order valence-electron chi connectivity index (χ1n) is 10.8. The van der Waals surface area contributed by atoms with Crippen LogP contribution in [0, 0.1) is 0 Å². The molecule has 1 aliphatic carbocycles. The van der Waals surface area contributed by atoms with Gasteiger partial charge in [0.1, 0.15) is 17.0 Å². The Labute approximate surface area is 198 Å².